The summed E-state index contributed by atoms with van der Waals surface area (Å²) in [5.74, 6) is 1.85. The van der Waals surface area contributed by atoms with Crippen molar-refractivity contribution in [3.63, 3.8) is 0 Å². The van der Waals surface area contributed by atoms with Crippen LogP contribution >= 0.6 is 0 Å². The van der Waals surface area contributed by atoms with Crippen molar-refractivity contribution in [2.24, 2.45) is 0 Å². The van der Waals surface area contributed by atoms with Crippen LogP contribution in [0.25, 0.3) is 0 Å². The van der Waals surface area contributed by atoms with Crippen molar-refractivity contribution in [2.75, 3.05) is 21.3 Å². The summed E-state index contributed by atoms with van der Waals surface area (Å²) in [5, 5.41) is 3.01. The molecule has 0 unspecified atom stereocenters. The molecule has 150 valence electrons. The predicted octanol–water partition coefficient (Wildman–Crippen LogP) is 2.62. The third-order valence-corrected chi connectivity index (χ3v) is 4.74. The van der Waals surface area contributed by atoms with Gasteiger partial charge in [-0.15, -0.1) is 0 Å². The van der Waals surface area contributed by atoms with E-state index in [0.717, 1.165) is 25.7 Å². The summed E-state index contributed by atoms with van der Waals surface area (Å²) in [6.07, 6.45) is 6.29. The van der Waals surface area contributed by atoms with Gasteiger partial charge in [0.25, 0.3) is 5.91 Å². The summed E-state index contributed by atoms with van der Waals surface area (Å²) < 4.78 is 22.0. The van der Waals surface area contributed by atoms with Gasteiger partial charge in [0.05, 0.1) is 27.4 Å². The van der Waals surface area contributed by atoms with Crippen LogP contribution in [0.1, 0.15) is 36.2 Å². The summed E-state index contributed by atoms with van der Waals surface area (Å²) >= 11 is 0. The van der Waals surface area contributed by atoms with Gasteiger partial charge in [0.15, 0.2) is 17.2 Å². The Morgan fingerprint density at radius 2 is 1.68 bits per heavy atom. The van der Waals surface area contributed by atoms with Gasteiger partial charge in [0.2, 0.25) is 11.6 Å². The van der Waals surface area contributed by atoms with Crippen molar-refractivity contribution >= 4 is 5.91 Å². The number of amides is 1. The van der Waals surface area contributed by atoms with Gasteiger partial charge in [-0.3, -0.25) is 4.79 Å². The van der Waals surface area contributed by atoms with Crippen molar-refractivity contribution in [3.8, 4) is 23.1 Å². The summed E-state index contributed by atoms with van der Waals surface area (Å²) in [4.78, 5) is 20.5. The zero-order valence-electron chi connectivity index (χ0n) is 16.3. The van der Waals surface area contributed by atoms with Gasteiger partial charge in [-0.2, -0.15) is 0 Å². The molecule has 1 aliphatic carbocycles. The third kappa shape index (κ3) is 4.44. The molecule has 0 radical (unpaired) electrons. The molecule has 1 aromatic heterocycles. The fraction of sp³-hybridized carbons (Fsp3) is 0.450. The van der Waals surface area contributed by atoms with Gasteiger partial charge in [-0.25, -0.2) is 9.97 Å². The highest BCUT2D eigenvalue weighted by molar-refractivity contribution is 5.94. The molecule has 3 rings (SSSR count). The van der Waals surface area contributed by atoms with Gasteiger partial charge >= 0.3 is 0 Å². The Morgan fingerprint density at radius 3 is 2.36 bits per heavy atom. The van der Waals surface area contributed by atoms with Crippen molar-refractivity contribution in [3.05, 3.63) is 36.3 Å². The first-order valence-corrected chi connectivity index (χ1v) is 9.19. The van der Waals surface area contributed by atoms with Crippen LogP contribution in [-0.2, 0) is 0 Å². The average Bonchev–Trinajstić information content (AvgIpc) is 2.74. The molecule has 1 amide bonds. The van der Waals surface area contributed by atoms with Crippen LogP contribution in [0.3, 0.4) is 0 Å². The quantitative estimate of drug-likeness (QED) is 0.781. The number of benzene rings is 1. The highest BCUT2D eigenvalue weighted by atomic mass is 16.5. The van der Waals surface area contributed by atoms with Gasteiger partial charge in [-0.1, -0.05) is 6.07 Å². The molecule has 1 fully saturated rings. The number of carbonyl (C=O) groups excluding carboxylic acids is 1. The average molecular weight is 387 g/mol. The Kier molecular flexibility index (Phi) is 6.52. The lowest BCUT2D eigenvalue weighted by molar-refractivity contribution is 0.0882. The molecule has 8 heteroatoms. The monoisotopic (exact) mass is 387 g/mol. The predicted molar refractivity (Wildman–Crippen MR) is 102 cm³/mol. The first kappa shape index (κ1) is 19.7. The molecular formula is C20H25N3O5. The maximum absolute atomic E-state index is 12.5. The molecule has 1 N–H and O–H groups in total. The molecular weight excluding hydrogens is 362 g/mol. The van der Waals surface area contributed by atoms with E-state index >= 15 is 0 Å². The Hall–Kier alpha value is -3.03. The Bertz CT molecular complexity index is 806. The van der Waals surface area contributed by atoms with Crippen LogP contribution in [0.2, 0.25) is 0 Å². The topological polar surface area (TPSA) is 91.8 Å². The van der Waals surface area contributed by atoms with E-state index in [9.17, 15) is 4.79 Å². The van der Waals surface area contributed by atoms with E-state index in [-0.39, 0.29) is 29.6 Å². The fourth-order valence-corrected chi connectivity index (χ4v) is 3.34. The summed E-state index contributed by atoms with van der Waals surface area (Å²) in [6, 6.07) is 5.64. The van der Waals surface area contributed by atoms with Gasteiger partial charge in [0, 0.05) is 18.4 Å². The summed E-state index contributed by atoms with van der Waals surface area (Å²) in [7, 11) is 4.66. The fourth-order valence-electron chi connectivity index (χ4n) is 3.34. The summed E-state index contributed by atoms with van der Waals surface area (Å²) in [5.41, 5.74) is 0.199. The molecule has 0 bridgehead atoms. The van der Waals surface area contributed by atoms with E-state index in [1.54, 1.807) is 14.2 Å². The third-order valence-electron chi connectivity index (χ3n) is 4.74. The van der Waals surface area contributed by atoms with Crippen LogP contribution in [0.15, 0.2) is 30.6 Å². The molecule has 2 aromatic rings. The zero-order valence-corrected chi connectivity index (χ0v) is 16.3. The second-order valence-corrected chi connectivity index (χ2v) is 6.47. The van der Waals surface area contributed by atoms with Gasteiger partial charge < -0.3 is 24.3 Å². The molecule has 1 saturated carbocycles. The number of hydrogen-bond acceptors (Lipinski definition) is 7. The summed E-state index contributed by atoms with van der Waals surface area (Å²) in [6.45, 7) is 0. The van der Waals surface area contributed by atoms with Gasteiger partial charge in [0.1, 0.15) is 0 Å². The second kappa shape index (κ2) is 9.25. The first-order chi connectivity index (χ1) is 13.7. The molecule has 1 heterocycles. The number of ether oxygens (including phenoxy) is 4. The van der Waals surface area contributed by atoms with E-state index in [1.165, 1.54) is 19.5 Å². The number of carbonyl (C=O) groups is 1. The number of nitrogens with one attached hydrogen (secondary N) is 1. The van der Waals surface area contributed by atoms with Crippen molar-refractivity contribution in [1.82, 2.24) is 15.3 Å². The second-order valence-electron chi connectivity index (χ2n) is 6.47. The van der Waals surface area contributed by atoms with E-state index in [2.05, 4.69) is 15.3 Å². The number of nitrogens with zero attached hydrogens (tertiary/aromatic N) is 2. The van der Waals surface area contributed by atoms with E-state index in [0.29, 0.717) is 17.2 Å². The lowest BCUT2D eigenvalue weighted by Gasteiger charge is -2.30. The van der Waals surface area contributed by atoms with Crippen LogP contribution in [-0.4, -0.2) is 49.4 Å². The standard InChI is InChI=1S/C20H25N3O5/c1-25-15-5-4-6-16(18(15)26-2)28-14-9-7-13(8-10-14)23-19(24)17-20(27-3)22-12-11-21-17/h4-6,11-14H,7-10H2,1-3H3,(H,23,24). The minimum Gasteiger partial charge on any atom is -0.493 e. The van der Waals surface area contributed by atoms with Gasteiger partial charge in [-0.05, 0) is 37.8 Å². The van der Waals surface area contributed by atoms with Crippen molar-refractivity contribution in [1.29, 1.82) is 0 Å². The number of aromatic nitrogens is 2. The van der Waals surface area contributed by atoms with Crippen LogP contribution in [0.4, 0.5) is 0 Å². The van der Waals surface area contributed by atoms with E-state index in [4.69, 9.17) is 18.9 Å². The Labute approximate surface area is 164 Å². The highest BCUT2D eigenvalue weighted by Crippen LogP contribution is 2.38. The van der Waals surface area contributed by atoms with Crippen LogP contribution in [0, 0.1) is 0 Å². The van der Waals surface area contributed by atoms with Crippen LogP contribution < -0.4 is 24.3 Å². The van der Waals surface area contributed by atoms with Crippen molar-refractivity contribution < 1.29 is 23.7 Å². The minimum absolute atomic E-state index is 0.0558. The lowest BCUT2D eigenvalue weighted by atomic mass is 9.92. The Balaban J connectivity index is 1.56. The first-order valence-electron chi connectivity index (χ1n) is 9.19. The van der Waals surface area contributed by atoms with Crippen molar-refractivity contribution in [2.45, 2.75) is 37.8 Å². The smallest absolute Gasteiger partial charge is 0.275 e. The normalized spacial score (nSPS) is 18.8. The molecule has 0 aliphatic heterocycles. The Morgan fingerprint density at radius 1 is 0.964 bits per heavy atom. The zero-order chi connectivity index (χ0) is 19.9. The molecule has 8 nitrogen and oxygen atoms in total. The maximum Gasteiger partial charge on any atom is 0.275 e. The number of para-hydroxylation sites is 1. The SMILES string of the molecule is COc1cccc(OC2CCC(NC(=O)c3nccnc3OC)CC2)c1OC. The largest absolute Gasteiger partial charge is 0.493 e. The van der Waals surface area contributed by atoms with E-state index in [1.807, 2.05) is 18.2 Å². The van der Waals surface area contributed by atoms with Crippen LogP contribution in [0.5, 0.6) is 23.1 Å². The minimum atomic E-state index is -0.274. The molecule has 0 spiro atoms. The maximum atomic E-state index is 12.5. The molecule has 1 aromatic carbocycles. The number of methoxy groups -OCH3 is 3. The van der Waals surface area contributed by atoms with E-state index < -0.39 is 0 Å². The molecule has 28 heavy (non-hydrogen) atoms. The highest BCUT2D eigenvalue weighted by Gasteiger charge is 2.26. The number of hydrogen-bond donors (Lipinski definition) is 1. The lowest BCUT2D eigenvalue weighted by Crippen LogP contribution is -2.40. The molecule has 1 aliphatic rings. The molecule has 0 saturated heterocycles. The number of rotatable bonds is 7. The molecule has 0 atom stereocenters.